The van der Waals surface area contributed by atoms with Crippen molar-refractivity contribution in [2.45, 2.75) is 52.6 Å². The summed E-state index contributed by atoms with van der Waals surface area (Å²) in [4.78, 5) is 11.7. The molecule has 3 nitrogen and oxygen atoms in total. The van der Waals surface area contributed by atoms with E-state index in [9.17, 15) is 4.79 Å². The van der Waals surface area contributed by atoms with Gasteiger partial charge in [-0.1, -0.05) is 35.0 Å². The quantitative estimate of drug-likeness (QED) is 0.449. The molecule has 1 saturated carbocycles. The maximum atomic E-state index is 11.7. The number of hydrogen-bond donors (Lipinski definition) is 0. The van der Waals surface area contributed by atoms with Crippen molar-refractivity contribution in [3.63, 3.8) is 0 Å². The van der Waals surface area contributed by atoms with Crippen molar-refractivity contribution >= 4 is 21.9 Å². The van der Waals surface area contributed by atoms with Crippen LogP contribution in [0.1, 0.15) is 54.4 Å². The van der Waals surface area contributed by atoms with Gasteiger partial charge < -0.3 is 9.47 Å². The van der Waals surface area contributed by atoms with Crippen LogP contribution in [0, 0.1) is 13.8 Å². The summed E-state index contributed by atoms with van der Waals surface area (Å²) in [7, 11) is 0. The van der Waals surface area contributed by atoms with E-state index in [2.05, 4.69) is 41.9 Å². The van der Waals surface area contributed by atoms with E-state index in [1.807, 2.05) is 12.1 Å². The highest BCUT2D eigenvalue weighted by Gasteiger charge is 2.27. The number of aryl methyl sites for hydroxylation is 2. The third-order valence-corrected chi connectivity index (χ3v) is 5.35. The van der Waals surface area contributed by atoms with Crippen molar-refractivity contribution in [3.05, 3.63) is 57.1 Å². The first kappa shape index (κ1) is 18.0. The lowest BCUT2D eigenvalue weighted by atomic mass is 10.0. The molecule has 1 fully saturated rings. The lowest BCUT2D eigenvalue weighted by Crippen LogP contribution is -2.09. The van der Waals surface area contributed by atoms with Crippen molar-refractivity contribution in [2.24, 2.45) is 0 Å². The van der Waals surface area contributed by atoms with Gasteiger partial charge >= 0.3 is 5.97 Å². The van der Waals surface area contributed by atoms with Crippen LogP contribution in [0.3, 0.4) is 0 Å². The van der Waals surface area contributed by atoms with Crippen molar-refractivity contribution in [3.8, 4) is 11.5 Å². The second kappa shape index (κ2) is 7.61. The van der Waals surface area contributed by atoms with Gasteiger partial charge in [-0.15, -0.1) is 0 Å². The zero-order valence-corrected chi connectivity index (χ0v) is 16.5. The smallest absolute Gasteiger partial charge is 0.310 e. The minimum Gasteiger partial charge on any atom is -0.488 e. The Kier molecular flexibility index (Phi) is 5.48. The average molecular weight is 403 g/mol. The molecule has 1 aliphatic carbocycles. The van der Waals surface area contributed by atoms with E-state index >= 15 is 0 Å². The van der Waals surface area contributed by atoms with E-state index in [4.69, 9.17) is 9.47 Å². The van der Waals surface area contributed by atoms with E-state index < -0.39 is 0 Å². The molecule has 0 heterocycles. The third kappa shape index (κ3) is 4.24. The summed E-state index contributed by atoms with van der Waals surface area (Å²) in [5.41, 5.74) is 4.67. The highest BCUT2D eigenvalue weighted by atomic mass is 79.9. The molecule has 0 unspecified atom stereocenters. The van der Waals surface area contributed by atoms with Crippen LogP contribution in [0.15, 0.2) is 34.8 Å². The monoisotopic (exact) mass is 402 g/mol. The van der Waals surface area contributed by atoms with E-state index in [-0.39, 0.29) is 5.97 Å². The standard InChI is InChI=1S/C21H23BrO3/c1-4-21(23)25-19-7-5-6-18(22)17(19)12-24-20-11-14(3)13(2)10-16(20)15-8-9-15/h5-7,10-11,15H,4,8-9,12H2,1-3H3. The number of halogens is 1. The number of esters is 1. The van der Waals surface area contributed by atoms with Crippen LogP contribution in [-0.4, -0.2) is 5.97 Å². The minimum absolute atomic E-state index is 0.246. The lowest BCUT2D eigenvalue weighted by molar-refractivity contribution is -0.134. The lowest BCUT2D eigenvalue weighted by Gasteiger charge is -2.16. The second-order valence-corrected chi connectivity index (χ2v) is 7.44. The summed E-state index contributed by atoms with van der Waals surface area (Å²) >= 11 is 3.55. The molecule has 25 heavy (non-hydrogen) atoms. The Morgan fingerprint density at radius 2 is 1.88 bits per heavy atom. The maximum absolute atomic E-state index is 11.7. The number of ether oxygens (including phenoxy) is 2. The normalized spacial score (nSPS) is 13.6. The molecular formula is C21H23BrO3. The zero-order chi connectivity index (χ0) is 18.0. The Labute approximate surface area is 157 Å². The number of rotatable bonds is 6. The topological polar surface area (TPSA) is 35.5 Å². The molecular weight excluding hydrogens is 380 g/mol. The number of benzene rings is 2. The van der Waals surface area contributed by atoms with E-state index in [0.29, 0.717) is 24.7 Å². The van der Waals surface area contributed by atoms with Crippen LogP contribution < -0.4 is 9.47 Å². The molecule has 0 radical (unpaired) electrons. The maximum Gasteiger partial charge on any atom is 0.310 e. The SMILES string of the molecule is CCC(=O)Oc1cccc(Br)c1COc1cc(C)c(C)cc1C1CC1. The number of carbonyl (C=O) groups excluding carboxylic acids is 1. The molecule has 3 rings (SSSR count). The summed E-state index contributed by atoms with van der Waals surface area (Å²) in [6.45, 7) is 6.39. The van der Waals surface area contributed by atoms with Crippen LogP contribution in [0.25, 0.3) is 0 Å². The summed E-state index contributed by atoms with van der Waals surface area (Å²) in [6.07, 6.45) is 2.80. The molecule has 0 amide bonds. The molecule has 0 saturated heterocycles. The van der Waals surface area contributed by atoms with E-state index in [1.54, 1.807) is 13.0 Å². The fourth-order valence-electron chi connectivity index (χ4n) is 2.77. The Morgan fingerprint density at radius 1 is 1.16 bits per heavy atom. The molecule has 0 bridgehead atoms. The van der Waals surface area contributed by atoms with Gasteiger partial charge in [-0.25, -0.2) is 0 Å². The third-order valence-electron chi connectivity index (χ3n) is 4.60. The number of hydrogen-bond acceptors (Lipinski definition) is 3. The van der Waals surface area contributed by atoms with Crippen LogP contribution >= 0.6 is 15.9 Å². The minimum atomic E-state index is -0.246. The predicted molar refractivity (Wildman–Crippen MR) is 102 cm³/mol. The summed E-state index contributed by atoms with van der Waals surface area (Å²) in [5.74, 6) is 1.86. The van der Waals surface area contributed by atoms with Gasteiger partial charge in [0.1, 0.15) is 18.1 Å². The Balaban J connectivity index is 1.85. The van der Waals surface area contributed by atoms with Gasteiger partial charge in [-0.3, -0.25) is 4.79 Å². The van der Waals surface area contributed by atoms with Gasteiger partial charge in [0.2, 0.25) is 0 Å². The molecule has 132 valence electrons. The average Bonchev–Trinajstić information content (AvgIpc) is 3.42. The van der Waals surface area contributed by atoms with Gasteiger partial charge in [-0.2, -0.15) is 0 Å². The van der Waals surface area contributed by atoms with Crippen LogP contribution in [0.2, 0.25) is 0 Å². The van der Waals surface area contributed by atoms with Gasteiger partial charge in [0.15, 0.2) is 0 Å². The Bertz CT molecular complexity index is 794. The Hall–Kier alpha value is -1.81. The molecule has 0 spiro atoms. The number of carbonyl (C=O) groups is 1. The zero-order valence-electron chi connectivity index (χ0n) is 14.9. The molecule has 0 aliphatic heterocycles. The first-order chi connectivity index (χ1) is 12.0. The molecule has 1 aliphatic rings. The van der Waals surface area contributed by atoms with Crippen molar-refractivity contribution in [1.82, 2.24) is 0 Å². The highest BCUT2D eigenvalue weighted by molar-refractivity contribution is 9.10. The van der Waals surface area contributed by atoms with Gasteiger partial charge in [0.05, 0.1) is 0 Å². The van der Waals surface area contributed by atoms with Crippen LogP contribution in [0.5, 0.6) is 11.5 Å². The van der Waals surface area contributed by atoms with E-state index in [1.165, 1.54) is 29.5 Å². The van der Waals surface area contributed by atoms with E-state index in [0.717, 1.165) is 15.8 Å². The molecule has 0 atom stereocenters. The molecule has 0 N–H and O–H groups in total. The van der Waals surface area contributed by atoms with Crippen molar-refractivity contribution < 1.29 is 14.3 Å². The van der Waals surface area contributed by atoms with Crippen LogP contribution in [-0.2, 0) is 11.4 Å². The van der Waals surface area contributed by atoms with Crippen molar-refractivity contribution in [2.75, 3.05) is 0 Å². The summed E-state index contributed by atoms with van der Waals surface area (Å²) in [5, 5.41) is 0. The van der Waals surface area contributed by atoms with Gasteiger partial charge in [0.25, 0.3) is 0 Å². The largest absolute Gasteiger partial charge is 0.488 e. The molecule has 2 aromatic rings. The second-order valence-electron chi connectivity index (χ2n) is 6.58. The van der Waals surface area contributed by atoms with Gasteiger partial charge in [-0.05, 0) is 67.5 Å². The fourth-order valence-corrected chi connectivity index (χ4v) is 3.23. The first-order valence-electron chi connectivity index (χ1n) is 8.71. The molecule has 4 heteroatoms. The van der Waals surface area contributed by atoms with Gasteiger partial charge in [0, 0.05) is 16.5 Å². The first-order valence-corrected chi connectivity index (χ1v) is 9.51. The fraction of sp³-hybridized carbons (Fsp3) is 0.381. The Morgan fingerprint density at radius 3 is 2.56 bits per heavy atom. The van der Waals surface area contributed by atoms with Crippen LogP contribution in [0.4, 0.5) is 0 Å². The van der Waals surface area contributed by atoms with Crippen molar-refractivity contribution in [1.29, 1.82) is 0 Å². The molecule has 0 aromatic heterocycles. The highest BCUT2D eigenvalue weighted by Crippen LogP contribution is 2.45. The molecule has 2 aromatic carbocycles. The summed E-state index contributed by atoms with van der Waals surface area (Å²) in [6, 6.07) is 9.97. The summed E-state index contributed by atoms with van der Waals surface area (Å²) < 4.78 is 12.5. The predicted octanol–water partition coefficient (Wildman–Crippen LogP) is 5.84.